The number of rotatable bonds is 5. The molecular weight excluding hydrogens is 406 g/mol. The van der Waals surface area contributed by atoms with Crippen LogP contribution in [0.2, 0.25) is 15.1 Å². The third kappa shape index (κ3) is 5.11. The van der Waals surface area contributed by atoms with E-state index in [0.29, 0.717) is 0 Å². The molecule has 1 aromatic rings. The van der Waals surface area contributed by atoms with Gasteiger partial charge in [0.15, 0.2) is 0 Å². The molecule has 1 aromatic carbocycles. The zero-order valence-corrected chi connectivity index (χ0v) is 20.8. The Morgan fingerprint density at radius 1 is 0.704 bits per heavy atom. The van der Waals surface area contributed by atoms with Crippen LogP contribution in [-0.2, 0) is 4.12 Å². The smallest absolute Gasteiger partial charge is 0.392 e. The number of halogens is 4. The molecule has 0 saturated heterocycles. The molecule has 0 fully saturated rings. The molecule has 0 heterocycles. The second-order valence-electron chi connectivity index (χ2n) is 10.1. The van der Waals surface area contributed by atoms with Crippen molar-refractivity contribution in [3.8, 4) is 0 Å². The third-order valence-electron chi connectivity index (χ3n) is 4.78. The van der Waals surface area contributed by atoms with Crippen molar-refractivity contribution in [3.05, 3.63) is 30.3 Å². The summed E-state index contributed by atoms with van der Waals surface area (Å²) in [6.07, 6.45) is 0. The number of hydrogen-bond acceptors (Lipinski definition) is 2. The first kappa shape index (κ1) is 24.5. The lowest BCUT2D eigenvalue weighted by atomic mass is 10.2. The molecule has 156 valence electrons. The molecule has 0 radical (unpaired) electrons. The van der Waals surface area contributed by atoms with E-state index in [-0.39, 0.29) is 5.19 Å². The van der Waals surface area contributed by atoms with Crippen molar-refractivity contribution >= 4 is 31.6 Å². The zero-order valence-electron chi connectivity index (χ0n) is 17.8. The van der Waals surface area contributed by atoms with E-state index in [1.165, 1.54) is 45.0 Å². The highest BCUT2D eigenvalue weighted by Gasteiger charge is 2.67. The van der Waals surface area contributed by atoms with Gasteiger partial charge in [0.2, 0.25) is 0 Å². The maximum atomic E-state index is 15.3. The van der Waals surface area contributed by atoms with Gasteiger partial charge in [0.1, 0.15) is 0 Å². The first-order valence-electron chi connectivity index (χ1n) is 9.07. The summed E-state index contributed by atoms with van der Waals surface area (Å²) in [5.74, 6) is 0. The van der Waals surface area contributed by atoms with E-state index in [1.807, 2.05) is 0 Å². The topological polar surface area (TPSA) is 21.3 Å². The molecule has 0 saturated carbocycles. The summed E-state index contributed by atoms with van der Waals surface area (Å²) >= 11 is 0. The van der Waals surface area contributed by atoms with Crippen molar-refractivity contribution < 1.29 is 20.5 Å². The van der Waals surface area contributed by atoms with Crippen molar-refractivity contribution in [1.82, 2.24) is 4.65 Å². The van der Waals surface area contributed by atoms with E-state index in [1.54, 1.807) is 47.6 Å². The van der Waals surface area contributed by atoms with Gasteiger partial charge in [-0.25, -0.2) is 8.22 Å². The Hall–Kier alpha value is -0.489. The second kappa shape index (κ2) is 7.40. The largest absolute Gasteiger partial charge is 0.604 e. The summed E-state index contributed by atoms with van der Waals surface area (Å²) < 4.78 is 69.2. The van der Waals surface area contributed by atoms with Crippen LogP contribution in [0.15, 0.2) is 30.3 Å². The maximum Gasteiger partial charge on any atom is 0.604 e. The fourth-order valence-electron chi connectivity index (χ4n) is 3.12. The molecule has 27 heavy (non-hydrogen) atoms. The lowest BCUT2D eigenvalue weighted by molar-refractivity contribution is 0.324. The van der Waals surface area contributed by atoms with Gasteiger partial charge in [-0.1, -0.05) is 92.6 Å². The highest BCUT2D eigenvalue weighted by Crippen LogP contribution is 2.53. The van der Waals surface area contributed by atoms with Crippen LogP contribution in [0.1, 0.15) is 62.3 Å². The number of hydrogen-bond donors (Lipinski definition) is 1. The molecule has 0 unspecified atom stereocenters. The zero-order chi connectivity index (χ0) is 21.5. The van der Waals surface area contributed by atoms with E-state index in [0.717, 1.165) is 0 Å². The van der Waals surface area contributed by atoms with Gasteiger partial charge < -0.3 is 4.12 Å². The van der Waals surface area contributed by atoms with E-state index in [4.69, 9.17) is 4.12 Å². The van der Waals surface area contributed by atoms with Crippen LogP contribution in [-0.4, -0.2) is 26.4 Å². The molecular formula is C18H33F4NOSi3. The standard InChI is InChI=1S/C18H33F4NOSi3/c1-16(2,3)26(17(4,5)6,23-27(21,22)18(7,8)9)24-25(19,20)15-13-11-10-12-14-15/h10-14,23H,1-9H3. The average molecular weight is 440 g/mol. The van der Waals surface area contributed by atoms with E-state index in [2.05, 4.69) is 4.65 Å². The van der Waals surface area contributed by atoms with Crippen LogP contribution in [0.3, 0.4) is 0 Å². The lowest BCUT2D eigenvalue weighted by Crippen LogP contribution is -2.76. The highest BCUT2D eigenvalue weighted by atomic mass is 28.5. The minimum Gasteiger partial charge on any atom is -0.392 e. The van der Waals surface area contributed by atoms with Crippen LogP contribution in [0.25, 0.3) is 0 Å². The van der Waals surface area contributed by atoms with Crippen molar-refractivity contribution in [3.63, 3.8) is 0 Å². The summed E-state index contributed by atoms with van der Waals surface area (Å²) in [5.41, 5.74) is 0. The van der Waals surface area contributed by atoms with Crippen LogP contribution in [0.5, 0.6) is 0 Å². The van der Waals surface area contributed by atoms with Gasteiger partial charge in [-0.3, -0.25) is 12.9 Å². The minimum atomic E-state index is -5.41. The molecule has 0 aliphatic carbocycles. The molecule has 0 spiro atoms. The third-order valence-corrected chi connectivity index (χ3v) is 16.8. The molecule has 0 aromatic heterocycles. The fourth-order valence-corrected chi connectivity index (χ4v) is 17.3. The summed E-state index contributed by atoms with van der Waals surface area (Å²) in [6.45, 7) is 14.7. The molecule has 9 heteroatoms. The van der Waals surface area contributed by atoms with Gasteiger partial charge in [0.05, 0.1) is 0 Å². The predicted molar refractivity (Wildman–Crippen MR) is 111 cm³/mol. The first-order valence-corrected chi connectivity index (χ1v) is 14.4. The Kier molecular flexibility index (Phi) is 6.73. The van der Waals surface area contributed by atoms with Gasteiger partial charge in [-0.05, 0) is 10.1 Å². The molecule has 2 nitrogen and oxygen atoms in total. The SMILES string of the molecule is CC(C)(C)[Si](F)(F)N[Si](O[Si](F)(F)c1ccccc1)(C(C)(C)C)C(C)(C)C. The van der Waals surface area contributed by atoms with Crippen LogP contribution in [0, 0.1) is 0 Å². The van der Waals surface area contributed by atoms with Gasteiger partial charge in [-0.15, -0.1) is 0 Å². The molecule has 1 N–H and O–H groups in total. The second-order valence-corrected chi connectivity index (χ2v) is 20.6. The number of benzene rings is 1. The molecule has 1 rings (SSSR count). The maximum absolute atomic E-state index is 15.3. The lowest BCUT2D eigenvalue weighted by Gasteiger charge is -2.53. The van der Waals surface area contributed by atoms with Crippen molar-refractivity contribution in [2.75, 3.05) is 0 Å². The Morgan fingerprint density at radius 2 is 1.11 bits per heavy atom. The van der Waals surface area contributed by atoms with Crippen molar-refractivity contribution in [1.29, 1.82) is 0 Å². The minimum absolute atomic E-state index is 0.196. The normalized spacial score (nSPS) is 15.1. The monoisotopic (exact) mass is 439 g/mol. The molecule has 0 amide bonds. The predicted octanol–water partition coefficient (Wildman–Crippen LogP) is 6.10. The van der Waals surface area contributed by atoms with Crippen LogP contribution in [0.4, 0.5) is 16.4 Å². The Balaban J connectivity index is 3.60. The molecule has 0 aliphatic rings. The summed E-state index contributed by atoms with van der Waals surface area (Å²) in [7, 11) is -14.4. The Labute approximate surface area is 164 Å². The quantitative estimate of drug-likeness (QED) is 0.340. The Bertz CT molecular complexity index is 621. The van der Waals surface area contributed by atoms with Crippen LogP contribution >= 0.6 is 0 Å². The summed E-state index contributed by atoms with van der Waals surface area (Å²) in [6, 6.07) is 7.31. The Morgan fingerprint density at radius 3 is 1.44 bits per heavy atom. The van der Waals surface area contributed by atoms with Crippen molar-refractivity contribution in [2.45, 2.75) is 77.4 Å². The van der Waals surface area contributed by atoms with Gasteiger partial charge >= 0.3 is 17.9 Å². The first-order chi connectivity index (χ1) is 11.8. The van der Waals surface area contributed by atoms with E-state index < -0.39 is 41.5 Å². The van der Waals surface area contributed by atoms with E-state index in [9.17, 15) is 0 Å². The summed E-state index contributed by atoms with van der Waals surface area (Å²) in [4.78, 5) is 0. The van der Waals surface area contributed by atoms with Gasteiger partial charge in [0.25, 0.3) is 8.48 Å². The van der Waals surface area contributed by atoms with Gasteiger partial charge in [0, 0.05) is 10.2 Å². The van der Waals surface area contributed by atoms with Gasteiger partial charge in [-0.2, -0.15) is 0 Å². The molecule has 0 atom stereocenters. The average Bonchev–Trinajstić information content (AvgIpc) is 2.43. The van der Waals surface area contributed by atoms with Crippen molar-refractivity contribution in [2.24, 2.45) is 0 Å². The molecule has 0 aliphatic heterocycles. The summed E-state index contributed by atoms with van der Waals surface area (Å²) in [5, 5.41) is -3.26. The van der Waals surface area contributed by atoms with Crippen LogP contribution < -0.4 is 9.83 Å². The molecule has 0 bridgehead atoms. The fraction of sp³-hybridized carbons (Fsp3) is 0.667. The van der Waals surface area contributed by atoms with E-state index >= 15 is 16.4 Å². The number of nitrogens with one attached hydrogen (secondary N) is 1. The highest BCUT2D eigenvalue weighted by molar-refractivity contribution is 6.94.